The molecule has 0 spiro atoms. The first kappa shape index (κ1) is 26.7. The molecule has 0 aliphatic heterocycles. The predicted octanol–water partition coefficient (Wildman–Crippen LogP) is 11.2. The van der Waals surface area contributed by atoms with Crippen molar-refractivity contribution < 1.29 is 4.40 Å². The standard InChI is InChI=1S/C45H29N3/c1-4-14-30(15-5-1)31-24-26-33(27-25-31)45-46-41(32-16-6-2-7-17-32)42-37-22-11-10-20-35(37)38-28-29-39-36-21-12-13-23-40(36)47(34-18-8-3-9-19-34)43(39)44(38)48(42)45/h1-29H/p+1. The lowest BCUT2D eigenvalue weighted by Gasteiger charge is -2.12. The lowest BCUT2D eigenvalue weighted by atomic mass is 10.00. The molecule has 0 saturated carbocycles. The number of imidazole rings is 1. The molecule has 0 unspecified atom stereocenters. The highest BCUT2D eigenvalue weighted by molar-refractivity contribution is 6.22. The maximum atomic E-state index is 3.98. The van der Waals surface area contributed by atoms with E-state index in [2.05, 4.69) is 190 Å². The Balaban J connectivity index is 1.43. The smallest absolute Gasteiger partial charge is 0.292 e. The summed E-state index contributed by atoms with van der Waals surface area (Å²) < 4.78 is 4.95. The second-order valence-corrected chi connectivity index (χ2v) is 12.4. The third kappa shape index (κ3) is 3.91. The number of nitrogens with zero attached hydrogens (tertiary/aromatic N) is 2. The zero-order valence-electron chi connectivity index (χ0n) is 26.1. The van der Waals surface area contributed by atoms with Gasteiger partial charge in [-0.1, -0.05) is 133 Å². The number of benzene rings is 7. The van der Waals surface area contributed by atoms with E-state index < -0.39 is 0 Å². The first-order chi connectivity index (χ1) is 23.8. The van der Waals surface area contributed by atoms with Crippen LogP contribution in [0.3, 0.4) is 0 Å². The fourth-order valence-corrected chi connectivity index (χ4v) is 7.66. The van der Waals surface area contributed by atoms with Crippen molar-refractivity contribution in [1.29, 1.82) is 0 Å². The molecule has 0 radical (unpaired) electrons. The van der Waals surface area contributed by atoms with E-state index in [1.54, 1.807) is 0 Å². The number of fused-ring (bicyclic) bond motifs is 10. The van der Waals surface area contributed by atoms with Crippen LogP contribution in [0.5, 0.6) is 0 Å². The Hall–Kier alpha value is -6.45. The average molecular weight is 613 g/mol. The minimum atomic E-state index is 1.05. The molecule has 10 rings (SSSR count). The van der Waals surface area contributed by atoms with Gasteiger partial charge in [-0.2, -0.15) is 4.40 Å². The van der Waals surface area contributed by atoms with Crippen molar-refractivity contribution in [3.63, 3.8) is 0 Å². The quantitative estimate of drug-likeness (QED) is 0.151. The SMILES string of the molecule is c1ccc(-c2ccc(-c3[nH]c(-c4ccccc4)c4c5ccccc5c5ccc6c7ccccc7n(-c7ccccc7)c6c5[n+]34)cc2)cc1. The summed E-state index contributed by atoms with van der Waals surface area (Å²) in [6, 6.07) is 63.3. The topological polar surface area (TPSA) is 24.8 Å². The largest absolute Gasteiger partial charge is 0.305 e. The van der Waals surface area contributed by atoms with E-state index in [1.807, 2.05) is 0 Å². The van der Waals surface area contributed by atoms with Gasteiger partial charge in [0, 0.05) is 32.8 Å². The van der Waals surface area contributed by atoms with E-state index in [4.69, 9.17) is 0 Å². The molecule has 10 aromatic rings. The Bertz CT molecular complexity index is 2790. The lowest BCUT2D eigenvalue weighted by Crippen LogP contribution is -2.25. The van der Waals surface area contributed by atoms with Gasteiger partial charge in [-0.15, -0.1) is 0 Å². The van der Waals surface area contributed by atoms with Gasteiger partial charge < -0.3 is 4.57 Å². The van der Waals surface area contributed by atoms with E-state index in [1.165, 1.54) is 60.1 Å². The molecule has 0 saturated heterocycles. The van der Waals surface area contributed by atoms with Crippen LogP contribution in [0.4, 0.5) is 0 Å². The Labute approximate surface area is 277 Å². The van der Waals surface area contributed by atoms with Crippen molar-refractivity contribution in [2.75, 3.05) is 0 Å². The van der Waals surface area contributed by atoms with Crippen molar-refractivity contribution in [3.05, 3.63) is 176 Å². The van der Waals surface area contributed by atoms with E-state index in [0.29, 0.717) is 0 Å². The molecular formula is C45H30N3+. The maximum Gasteiger partial charge on any atom is 0.292 e. The van der Waals surface area contributed by atoms with Crippen LogP contribution in [0.2, 0.25) is 0 Å². The van der Waals surface area contributed by atoms with Crippen LogP contribution in [-0.2, 0) is 0 Å². The summed E-state index contributed by atoms with van der Waals surface area (Å²) >= 11 is 0. The van der Waals surface area contributed by atoms with Crippen molar-refractivity contribution in [2.24, 2.45) is 0 Å². The van der Waals surface area contributed by atoms with Crippen molar-refractivity contribution in [1.82, 2.24) is 9.55 Å². The highest BCUT2D eigenvalue weighted by atomic mass is 15.1. The number of hydrogen-bond donors (Lipinski definition) is 1. The van der Waals surface area contributed by atoms with E-state index in [0.717, 1.165) is 28.3 Å². The fourth-order valence-electron chi connectivity index (χ4n) is 7.66. The monoisotopic (exact) mass is 612 g/mol. The predicted molar refractivity (Wildman–Crippen MR) is 200 cm³/mol. The zero-order chi connectivity index (χ0) is 31.6. The first-order valence-electron chi connectivity index (χ1n) is 16.5. The van der Waals surface area contributed by atoms with Crippen LogP contribution < -0.4 is 4.40 Å². The Morgan fingerprint density at radius 3 is 1.62 bits per heavy atom. The molecule has 0 atom stereocenters. The summed E-state index contributed by atoms with van der Waals surface area (Å²) in [5, 5.41) is 6.15. The van der Waals surface area contributed by atoms with Crippen LogP contribution in [0, 0.1) is 0 Å². The summed E-state index contributed by atoms with van der Waals surface area (Å²) in [5.74, 6) is 1.05. The average Bonchev–Trinajstić information content (AvgIpc) is 3.73. The number of nitrogens with one attached hydrogen (secondary N) is 1. The van der Waals surface area contributed by atoms with Crippen molar-refractivity contribution >= 4 is 49.0 Å². The van der Waals surface area contributed by atoms with Gasteiger partial charge in [-0.25, -0.2) is 4.98 Å². The Morgan fingerprint density at radius 2 is 0.896 bits per heavy atom. The second-order valence-electron chi connectivity index (χ2n) is 12.4. The molecule has 0 amide bonds. The Kier molecular flexibility index (Phi) is 5.87. The van der Waals surface area contributed by atoms with Gasteiger partial charge in [0.25, 0.3) is 5.82 Å². The summed E-state index contributed by atoms with van der Waals surface area (Å²) in [6.07, 6.45) is 0. The number of para-hydroxylation sites is 2. The lowest BCUT2D eigenvalue weighted by molar-refractivity contribution is -0.465. The summed E-state index contributed by atoms with van der Waals surface area (Å²) in [4.78, 5) is 3.98. The molecule has 7 aromatic carbocycles. The second kappa shape index (κ2) is 10.5. The number of pyridine rings is 1. The normalized spacial score (nSPS) is 11.8. The number of aromatic amines is 1. The molecule has 3 nitrogen and oxygen atoms in total. The number of H-pyrrole nitrogens is 1. The number of aromatic nitrogens is 3. The molecule has 0 aliphatic rings. The van der Waals surface area contributed by atoms with Crippen molar-refractivity contribution in [3.8, 4) is 39.5 Å². The molecule has 3 heteroatoms. The number of hydrogen-bond acceptors (Lipinski definition) is 0. The van der Waals surface area contributed by atoms with Crippen LogP contribution in [-0.4, -0.2) is 9.55 Å². The molecule has 48 heavy (non-hydrogen) atoms. The minimum Gasteiger partial charge on any atom is -0.305 e. The Morgan fingerprint density at radius 1 is 0.375 bits per heavy atom. The van der Waals surface area contributed by atoms with Gasteiger partial charge in [0.15, 0.2) is 16.7 Å². The van der Waals surface area contributed by atoms with E-state index >= 15 is 0 Å². The van der Waals surface area contributed by atoms with Crippen LogP contribution >= 0.6 is 0 Å². The van der Waals surface area contributed by atoms with Crippen LogP contribution in [0.15, 0.2) is 176 Å². The number of rotatable bonds is 4. The molecule has 3 aromatic heterocycles. The highest BCUT2D eigenvalue weighted by Crippen LogP contribution is 2.40. The molecule has 0 aliphatic carbocycles. The molecular weight excluding hydrogens is 583 g/mol. The first-order valence-corrected chi connectivity index (χ1v) is 16.5. The van der Waals surface area contributed by atoms with E-state index in [-0.39, 0.29) is 0 Å². The van der Waals surface area contributed by atoms with Gasteiger partial charge in [0.1, 0.15) is 5.52 Å². The molecule has 224 valence electrons. The summed E-state index contributed by atoms with van der Waals surface area (Å²) in [5.41, 5.74) is 11.7. The van der Waals surface area contributed by atoms with Crippen LogP contribution in [0.1, 0.15) is 0 Å². The van der Waals surface area contributed by atoms with Gasteiger partial charge in [0.2, 0.25) is 0 Å². The van der Waals surface area contributed by atoms with Gasteiger partial charge in [-0.3, -0.25) is 0 Å². The van der Waals surface area contributed by atoms with Crippen LogP contribution in [0.25, 0.3) is 88.5 Å². The summed E-state index contributed by atoms with van der Waals surface area (Å²) in [6.45, 7) is 0. The molecule has 0 fully saturated rings. The highest BCUT2D eigenvalue weighted by Gasteiger charge is 2.29. The van der Waals surface area contributed by atoms with Gasteiger partial charge >= 0.3 is 0 Å². The fraction of sp³-hybridized carbons (Fsp3) is 0. The molecule has 0 bridgehead atoms. The maximum absolute atomic E-state index is 3.98. The molecule has 3 heterocycles. The van der Waals surface area contributed by atoms with Gasteiger partial charge in [0.05, 0.1) is 11.1 Å². The summed E-state index contributed by atoms with van der Waals surface area (Å²) in [7, 11) is 0. The zero-order valence-corrected chi connectivity index (χ0v) is 26.1. The van der Waals surface area contributed by atoms with Crippen molar-refractivity contribution in [2.45, 2.75) is 0 Å². The third-order valence-corrected chi connectivity index (χ3v) is 9.78. The minimum absolute atomic E-state index is 1.05. The van der Waals surface area contributed by atoms with E-state index in [9.17, 15) is 0 Å². The van der Waals surface area contributed by atoms with Gasteiger partial charge in [-0.05, 0) is 59.0 Å². The molecule has 1 N–H and O–H groups in total. The third-order valence-electron chi connectivity index (χ3n) is 9.78.